The number of rotatable bonds is 3. The van der Waals surface area contributed by atoms with Crippen molar-refractivity contribution in [2.75, 3.05) is 0 Å². The molecule has 0 unspecified atom stereocenters. The molecule has 3 nitrogen and oxygen atoms in total. The number of pyridine rings is 1. The first-order valence-corrected chi connectivity index (χ1v) is 6.51. The summed E-state index contributed by atoms with van der Waals surface area (Å²) in [5, 5.41) is 2.73. The highest BCUT2D eigenvalue weighted by Gasteiger charge is 2.27. The molecule has 1 N–H and O–H groups in total. The molecule has 110 valence electrons. The quantitative estimate of drug-likeness (QED) is 0.942. The van der Waals surface area contributed by atoms with Gasteiger partial charge in [0.15, 0.2) is 0 Å². The smallest absolute Gasteiger partial charge is 0.255 e. The van der Waals surface area contributed by atoms with Crippen LogP contribution in [0.5, 0.6) is 0 Å². The number of aromatic nitrogens is 1. The fourth-order valence-electron chi connectivity index (χ4n) is 2.13. The predicted molar refractivity (Wildman–Crippen MR) is 75.8 cm³/mol. The first kappa shape index (κ1) is 15.1. The van der Waals surface area contributed by atoms with E-state index in [-0.39, 0.29) is 11.1 Å². The molecule has 2 rings (SSSR count). The summed E-state index contributed by atoms with van der Waals surface area (Å²) in [6, 6.07) is 7.18. The van der Waals surface area contributed by atoms with E-state index in [4.69, 9.17) is 0 Å². The van der Waals surface area contributed by atoms with Crippen molar-refractivity contribution in [3.05, 3.63) is 65.0 Å². The number of halogens is 2. The van der Waals surface area contributed by atoms with Gasteiger partial charge in [-0.3, -0.25) is 9.78 Å². The van der Waals surface area contributed by atoms with Crippen molar-refractivity contribution in [2.45, 2.75) is 26.3 Å². The summed E-state index contributed by atoms with van der Waals surface area (Å²) in [6.45, 7) is 5.03. The lowest BCUT2D eigenvalue weighted by atomic mass is 9.98. The molecule has 0 aliphatic carbocycles. The minimum Gasteiger partial charge on any atom is -0.341 e. The lowest BCUT2D eigenvalue weighted by Gasteiger charge is -2.26. The molecule has 5 heteroatoms. The maximum Gasteiger partial charge on any atom is 0.255 e. The summed E-state index contributed by atoms with van der Waals surface area (Å²) in [5.74, 6) is -2.17. The topological polar surface area (TPSA) is 42.0 Å². The van der Waals surface area contributed by atoms with Gasteiger partial charge < -0.3 is 5.32 Å². The largest absolute Gasteiger partial charge is 0.341 e. The standard InChI is InChI=1S/C16H16F2N2O/c1-10-8-11(17)9-12(18)14(10)15(21)20-16(2,3)13-6-4-5-7-19-13/h4-9H,1-3H3,(H,20,21). The summed E-state index contributed by atoms with van der Waals surface area (Å²) < 4.78 is 26.9. The van der Waals surface area contributed by atoms with Crippen molar-refractivity contribution < 1.29 is 13.6 Å². The average molecular weight is 290 g/mol. The molecular weight excluding hydrogens is 274 g/mol. The molecule has 1 aromatic heterocycles. The first-order valence-electron chi connectivity index (χ1n) is 6.51. The highest BCUT2D eigenvalue weighted by Crippen LogP contribution is 2.20. The normalized spacial score (nSPS) is 11.3. The monoisotopic (exact) mass is 290 g/mol. The van der Waals surface area contributed by atoms with Crippen LogP contribution in [0.15, 0.2) is 36.5 Å². The van der Waals surface area contributed by atoms with Crippen molar-refractivity contribution in [3.63, 3.8) is 0 Å². The van der Waals surface area contributed by atoms with Crippen LogP contribution in [0.4, 0.5) is 8.78 Å². The lowest BCUT2D eigenvalue weighted by Crippen LogP contribution is -2.42. The molecule has 0 saturated carbocycles. The fraction of sp³-hybridized carbons (Fsp3) is 0.250. The van der Waals surface area contributed by atoms with E-state index in [0.717, 1.165) is 6.07 Å². The minimum absolute atomic E-state index is 0.152. The fourth-order valence-corrected chi connectivity index (χ4v) is 2.13. The molecule has 1 aromatic carbocycles. The number of hydrogen-bond donors (Lipinski definition) is 1. The molecule has 0 spiro atoms. The summed E-state index contributed by atoms with van der Waals surface area (Å²) in [7, 11) is 0. The third kappa shape index (κ3) is 3.24. The number of carbonyl (C=O) groups excluding carboxylic acids is 1. The summed E-state index contributed by atoms with van der Waals surface area (Å²) in [5.41, 5.74) is -0.0215. The Kier molecular flexibility index (Phi) is 4.02. The van der Waals surface area contributed by atoms with Crippen LogP contribution in [0.2, 0.25) is 0 Å². The van der Waals surface area contributed by atoms with Gasteiger partial charge in [-0.1, -0.05) is 6.07 Å². The molecule has 0 aliphatic heterocycles. The van der Waals surface area contributed by atoms with Crippen molar-refractivity contribution in [1.29, 1.82) is 0 Å². The van der Waals surface area contributed by atoms with E-state index in [0.29, 0.717) is 11.8 Å². The van der Waals surface area contributed by atoms with Crippen LogP contribution < -0.4 is 5.32 Å². The second-order valence-corrected chi connectivity index (χ2v) is 5.37. The van der Waals surface area contributed by atoms with E-state index in [1.807, 2.05) is 0 Å². The van der Waals surface area contributed by atoms with Crippen molar-refractivity contribution >= 4 is 5.91 Å². The van der Waals surface area contributed by atoms with Gasteiger partial charge in [0.05, 0.1) is 16.8 Å². The number of carbonyl (C=O) groups is 1. The van der Waals surface area contributed by atoms with Gasteiger partial charge in [-0.25, -0.2) is 8.78 Å². The molecule has 0 atom stereocenters. The van der Waals surface area contributed by atoms with E-state index < -0.39 is 23.1 Å². The number of benzene rings is 1. The summed E-state index contributed by atoms with van der Waals surface area (Å²) >= 11 is 0. The van der Waals surface area contributed by atoms with E-state index >= 15 is 0 Å². The highest BCUT2D eigenvalue weighted by atomic mass is 19.1. The third-order valence-corrected chi connectivity index (χ3v) is 3.21. The van der Waals surface area contributed by atoms with E-state index in [2.05, 4.69) is 10.3 Å². The molecule has 0 fully saturated rings. The summed E-state index contributed by atoms with van der Waals surface area (Å²) in [6.07, 6.45) is 1.62. The number of nitrogens with zero attached hydrogens (tertiary/aromatic N) is 1. The Morgan fingerprint density at radius 1 is 1.24 bits per heavy atom. The van der Waals surface area contributed by atoms with Crippen molar-refractivity contribution in [2.24, 2.45) is 0 Å². The third-order valence-electron chi connectivity index (χ3n) is 3.21. The first-order chi connectivity index (χ1) is 9.81. The van der Waals surface area contributed by atoms with Crippen LogP contribution in [-0.4, -0.2) is 10.9 Å². The molecule has 0 radical (unpaired) electrons. The number of amides is 1. The van der Waals surface area contributed by atoms with E-state index in [1.165, 1.54) is 6.92 Å². The van der Waals surface area contributed by atoms with Crippen LogP contribution in [-0.2, 0) is 5.54 Å². The Morgan fingerprint density at radius 3 is 2.52 bits per heavy atom. The van der Waals surface area contributed by atoms with Gasteiger partial charge in [0.2, 0.25) is 0 Å². The Morgan fingerprint density at radius 2 is 1.95 bits per heavy atom. The Balaban J connectivity index is 2.30. The van der Waals surface area contributed by atoms with Crippen LogP contribution >= 0.6 is 0 Å². The Bertz CT molecular complexity index is 646. The molecule has 1 amide bonds. The molecule has 21 heavy (non-hydrogen) atoms. The van der Waals surface area contributed by atoms with Gasteiger partial charge in [0.1, 0.15) is 11.6 Å². The molecule has 0 saturated heterocycles. The van der Waals surface area contributed by atoms with Gasteiger partial charge in [0, 0.05) is 12.3 Å². The minimum atomic E-state index is -0.873. The lowest BCUT2D eigenvalue weighted by molar-refractivity contribution is 0.0905. The highest BCUT2D eigenvalue weighted by molar-refractivity contribution is 5.96. The number of aryl methyl sites for hydroxylation is 1. The Labute approximate surface area is 122 Å². The maximum atomic E-state index is 13.8. The van der Waals surface area contributed by atoms with E-state index in [1.54, 1.807) is 38.2 Å². The van der Waals surface area contributed by atoms with Gasteiger partial charge >= 0.3 is 0 Å². The molecular formula is C16H16F2N2O. The number of nitrogens with one attached hydrogen (secondary N) is 1. The number of hydrogen-bond acceptors (Lipinski definition) is 2. The van der Waals surface area contributed by atoms with Crippen LogP contribution in [0, 0.1) is 18.6 Å². The van der Waals surface area contributed by atoms with Crippen LogP contribution in [0.1, 0.15) is 35.5 Å². The van der Waals surface area contributed by atoms with Gasteiger partial charge in [0.25, 0.3) is 5.91 Å². The molecule has 1 heterocycles. The van der Waals surface area contributed by atoms with E-state index in [9.17, 15) is 13.6 Å². The second-order valence-electron chi connectivity index (χ2n) is 5.37. The SMILES string of the molecule is Cc1cc(F)cc(F)c1C(=O)NC(C)(C)c1ccccn1. The molecule has 0 aliphatic rings. The van der Waals surface area contributed by atoms with Crippen molar-refractivity contribution in [3.8, 4) is 0 Å². The Hall–Kier alpha value is -2.30. The maximum absolute atomic E-state index is 13.8. The van der Waals surface area contributed by atoms with Gasteiger partial charge in [-0.2, -0.15) is 0 Å². The van der Waals surface area contributed by atoms with Gasteiger partial charge in [-0.15, -0.1) is 0 Å². The second kappa shape index (κ2) is 5.60. The summed E-state index contributed by atoms with van der Waals surface area (Å²) in [4.78, 5) is 16.5. The average Bonchev–Trinajstić information content (AvgIpc) is 2.37. The van der Waals surface area contributed by atoms with Crippen LogP contribution in [0.25, 0.3) is 0 Å². The zero-order valence-corrected chi connectivity index (χ0v) is 12.1. The van der Waals surface area contributed by atoms with Crippen molar-refractivity contribution in [1.82, 2.24) is 10.3 Å². The molecule has 0 bridgehead atoms. The zero-order chi connectivity index (χ0) is 15.6. The van der Waals surface area contributed by atoms with Crippen LogP contribution in [0.3, 0.4) is 0 Å². The molecule has 2 aromatic rings. The predicted octanol–water partition coefficient (Wildman–Crippen LogP) is 3.33. The zero-order valence-electron chi connectivity index (χ0n) is 12.1. The van der Waals surface area contributed by atoms with Gasteiger partial charge in [-0.05, 0) is 44.5 Å².